The Morgan fingerprint density at radius 2 is 2.39 bits per heavy atom. The van der Waals surface area contributed by atoms with E-state index < -0.39 is 0 Å². The van der Waals surface area contributed by atoms with Crippen LogP contribution < -0.4 is 5.32 Å². The zero-order chi connectivity index (χ0) is 13.0. The molecule has 2 rings (SSSR count). The summed E-state index contributed by atoms with van der Waals surface area (Å²) in [4.78, 5) is 22.7. The molecule has 0 saturated carbocycles. The van der Waals surface area contributed by atoms with E-state index in [9.17, 15) is 4.79 Å². The first kappa shape index (κ1) is 12.5. The Bertz CT molecular complexity index is 528. The molecule has 0 spiro atoms. The number of aromatic nitrogens is 4. The van der Waals surface area contributed by atoms with E-state index in [0.29, 0.717) is 18.6 Å². The Morgan fingerprint density at radius 1 is 1.56 bits per heavy atom. The normalized spacial score (nSPS) is 12.1. The molecule has 0 aliphatic carbocycles. The van der Waals surface area contributed by atoms with Crippen molar-refractivity contribution in [2.45, 2.75) is 19.5 Å². The highest BCUT2D eigenvalue weighted by molar-refractivity contribution is 6.32. The van der Waals surface area contributed by atoms with E-state index in [0.717, 1.165) is 0 Å². The number of hydrogen-bond donors (Lipinski definition) is 1. The lowest BCUT2D eigenvalue weighted by Gasteiger charge is -2.16. The molecule has 2 aromatic heterocycles. The van der Waals surface area contributed by atoms with E-state index in [-0.39, 0.29) is 16.8 Å². The molecule has 0 bridgehead atoms. The van der Waals surface area contributed by atoms with Gasteiger partial charge in [-0.2, -0.15) is 0 Å². The predicted molar refractivity (Wildman–Crippen MR) is 67.7 cm³/mol. The summed E-state index contributed by atoms with van der Waals surface area (Å²) in [6.45, 7) is 2.69. The van der Waals surface area contributed by atoms with E-state index in [2.05, 4.69) is 20.3 Å². The Hall–Kier alpha value is -1.95. The van der Waals surface area contributed by atoms with E-state index in [4.69, 9.17) is 11.6 Å². The number of carbonyl (C=O) groups excluding carboxylic acids is 1. The van der Waals surface area contributed by atoms with Gasteiger partial charge in [0, 0.05) is 25.0 Å². The summed E-state index contributed by atoms with van der Waals surface area (Å²) in [5.41, 5.74) is 0.275. The molecule has 2 heterocycles. The number of nitrogens with zero attached hydrogens (tertiary/aromatic N) is 4. The fourth-order valence-corrected chi connectivity index (χ4v) is 1.76. The lowest BCUT2D eigenvalue weighted by atomic mass is 10.3. The minimum absolute atomic E-state index is 0.0730. The van der Waals surface area contributed by atoms with Crippen LogP contribution in [0.15, 0.2) is 25.0 Å². The molecule has 1 atom stereocenters. The zero-order valence-corrected chi connectivity index (χ0v) is 10.5. The molecule has 1 unspecified atom stereocenters. The molecule has 0 fully saturated rings. The SMILES string of the molecule is CC(Cn1ccnc1)Nc1ncnc(Cl)c1C=O. The molecule has 18 heavy (non-hydrogen) atoms. The highest BCUT2D eigenvalue weighted by Crippen LogP contribution is 2.18. The summed E-state index contributed by atoms with van der Waals surface area (Å²) < 4.78 is 1.93. The molecule has 1 N–H and O–H groups in total. The quantitative estimate of drug-likeness (QED) is 0.657. The zero-order valence-electron chi connectivity index (χ0n) is 9.75. The summed E-state index contributed by atoms with van der Waals surface area (Å²) in [6.07, 6.45) is 7.28. The first-order valence-corrected chi connectivity index (χ1v) is 5.76. The van der Waals surface area contributed by atoms with Crippen molar-refractivity contribution in [1.82, 2.24) is 19.5 Å². The van der Waals surface area contributed by atoms with Crippen molar-refractivity contribution in [2.24, 2.45) is 0 Å². The number of halogens is 1. The number of hydrogen-bond acceptors (Lipinski definition) is 5. The van der Waals surface area contributed by atoms with Crippen molar-refractivity contribution in [3.8, 4) is 0 Å². The van der Waals surface area contributed by atoms with Gasteiger partial charge in [-0.1, -0.05) is 11.6 Å². The topological polar surface area (TPSA) is 72.7 Å². The van der Waals surface area contributed by atoms with Crippen LogP contribution in [0.5, 0.6) is 0 Å². The number of carbonyl (C=O) groups is 1. The molecular formula is C11H12ClN5O. The smallest absolute Gasteiger partial charge is 0.156 e. The number of nitrogens with one attached hydrogen (secondary N) is 1. The summed E-state index contributed by atoms with van der Waals surface area (Å²) in [5, 5.41) is 3.28. The average Bonchev–Trinajstić information content (AvgIpc) is 2.82. The first-order valence-electron chi connectivity index (χ1n) is 5.38. The van der Waals surface area contributed by atoms with Gasteiger partial charge in [0.25, 0.3) is 0 Å². The maximum atomic E-state index is 10.9. The second-order valence-electron chi connectivity index (χ2n) is 3.85. The van der Waals surface area contributed by atoms with Gasteiger partial charge in [0.1, 0.15) is 17.3 Å². The van der Waals surface area contributed by atoms with Crippen LogP contribution in [-0.2, 0) is 6.54 Å². The Labute approximate surface area is 109 Å². The summed E-state index contributed by atoms with van der Waals surface area (Å²) in [7, 11) is 0. The van der Waals surface area contributed by atoms with Crippen molar-refractivity contribution in [3.05, 3.63) is 35.8 Å². The fraction of sp³-hybridized carbons (Fsp3) is 0.273. The van der Waals surface area contributed by atoms with E-state index in [1.54, 1.807) is 12.5 Å². The Balaban J connectivity index is 2.09. The molecule has 2 aromatic rings. The highest BCUT2D eigenvalue weighted by atomic mass is 35.5. The van der Waals surface area contributed by atoms with Crippen LogP contribution in [0.4, 0.5) is 5.82 Å². The number of imidazole rings is 1. The van der Waals surface area contributed by atoms with Crippen molar-refractivity contribution in [3.63, 3.8) is 0 Å². The Morgan fingerprint density at radius 3 is 3.06 bits per heavy atom. The van der Waals surface area contributed by atoms with Gasteiger partial charge in [0.15, 0.2) is 6.29 Å². The van der Waals surface area contributed by atoms with E-state index >= 15 is 0 Å². The van der Waals surface area contributed by atoms with Crippen LogP contribution in [0.2, 0.25) is 5.15 Å². The predicted octanol–water partition coefficient (Wildman–Crippen LogP) is 1.64. The number of anilines is 1. The third kappa shape index (κ3) is 2.84. The van der Waals surface area contributed by atoms with Crippen LogP contribution in [0.3, 0.4) is 0 Å². The molecule has 94 valence electrons. The van der Waals surface area contributed by atoms with Gasteiger partial charge in [0.2, 0.25) is 0 Å². The lowest BCUT2D eigenvalue weighted by molar-refractivity contribution is 0.112. The molecule has 0 aliphatic rings. The summed E-state index contributed by atoms with van der Waals surface area (Å²) in [6, 6.07) is 0.0730. The van der Waals surface area contributed by atoms with Gasteiger partial charge in [-0.05, 0) is 6.92 Å². The fourth-order valence-electron chi connectivity index (χ4n) is 1.58. The van der Waals surface area contributed by atoms with Crippen LogP contribution in [0, 0.1) is 0 Å². The minimum atomic E-state index is 0.0730. The molecule has 0 saturated heterocycles. The maximum Gasteiger partial charge on any atom is 0.156 e. The van der Waals surface area contributed by atoms with Gasteiger partial charge in [-0.25, -0.2) is 15.0 Å². The third-order valence-corrected chi connectivity index (χ3v) is 2.68. The van der Waals surface area contributed by atoms with Gasteiger partial charge >= 0.3 is 0 Å². The largest absolute Gasteiger partial charge is 0.365 e. The third-order valence-electron chi connectivity index (χ3n) is 2.38. The molecular weight excluding hydrogens is 254 g/mol. The van der Waals surface area contributed by atoms with Gasteiger partial charge in [-0.15, -0.1) is 0 Å². The molecule has 7 heteroatoms. The Kier molecular flexibility index (Phi) is 3.88. The van der Waals surface area contributed by atoms with Crippen LogP contribution in [-0.4, -0.2) is 31.8 Å². The monoisotopic (exact) mass is 265 g/mol. The second kappa shape index (κ2) is 5.59. The molecule has 6 nitrogen and oxygen atoms in total. The van der Waals surface area contributed by atoms with E-state index in [1.807, 2.05) is 17.7 Å². The molecule has 0 aromatic carbocycles. The van der Waals surface area contributed by atoms with Crippen molar-refractivity contribution < 1.29 is 4.79 Å². The standard InChI is InChI=1S/C11H12ClN5O/c1-8(4-17-3-2-13-7-17)16-11-9(5-18)10(12)14-6-15-11/h2-3,5-8H,4H2,1H3,(H,14,15,16). The molecule has 0 aliphatic heterocycles. The first-order chi connectivity index (χ1) is 8.70. The van der Waals surface area contributed by atoms with Crippen LogP contribution >= 0.6 is 11.6 Å². The lowest BCUT2D eigenvalue weighted by Crippen LogP contribution is -2.22. The van der Waals surface area contributed by atoms with Gasteiger partial charge in [-0.3, -0.25) is 4.79 Å². The van der Waals surface area contributed by atoms with Gasteiger partial charge < -0.3 is 9.88 Å². The molecule has 0 amide bonds. The van der Waals surface area contributed by atoms with Crippen LogP contribution in [0.1, 0.15) is 17.3 Å². The minimum Gasteiger partial charge on any atom is -0.365 e. The van der Waals surface area contributed by atoms with Crippen molar-refractivity contribution in [1.29, 1.82) is 0 Å². The maximum absolute atomic E-state index is 10.9. The van der Waals surface area contributed by atoms with Crippen LogP contribution in [0.25, 0.3) is 0 Å². The summed E-state index contributed by atoms with van der Waals surface area (Å²) in [5.74, 6) is 0.442. The highest BCUT2D eigenvalue weighted by Gasteiger charge is 2.11. The summed E-state index contributed by atoms with van der Waals surface area (Å²) >= 11 is 5.82. The number of aldehydes is 1. The average molecular weight is 266 g/mol. The van der Waals surface area contributed by atoms with E-state index in [1.165, 1.54) is 6.33 Å². The molecule has 0 radical (unpaired) electrons. The van der Waals surface area contributed by atoms with Gasteiger partial charge in [0.05, 0.1) is 11.9 Å². The second-order valence-corrected chi connectivity index (χ2v) is 4.21. The number of rotatable bonds is 5. The van der Waals surface area contributed by atoms with Crippen molar-refractivity contribution in [2.75, 3.05) is 5.32 Å². The van der Waals surface area contributed by atoms with Crippen molar-refractivity contribution >= 4 is 23.7 Å².